The summed E-state index contributed by atoms with van der Waals surface area (Å²) in [7, 11) is 2.08. The summed E-state index contributed by atoms with van der Waals surface area (Å²) >= 11 is 23.8. The Bertz CT molecular complexity index is 799. The Morgan fingerprint density at radius 2 is 1.61 bits per heavy atom. The van der Waals surface area contributed by atoms with E-state index in [4.69, 9.17) is 55.9 Å². The van der Waals surface area contributed by atoms with E-state index in [-0.39, 0.29) is 6.61 Å². The van der Waals surface area contributed by atoms with Crippen molar-refractivity contribution in [2.45, 2.75) is 25.6 Å². The maximum atomic E-state index is 11.6. The number of rotatable bonds is 8. The lowest BCUT2D eigenvalue weighted by atomic mass is 10.1. The number of carbonyl (C=O) groups excluding carboxylic acids is 1. The summed E-state index contributed by atoms with van der Waals surface area (Å²) in [4.78, 5) is 11.6. The zero-order chi connectivity index (χ0) is 20.7. The molecule has 0 saturated heterocycles. The van der Waals surface area contributed by atoms with E-state index in [0.717, 1.165) is 11.1 Å². The zero-order valence-electron chi connectivity index (χ0n) is 15.6. The predicted octanol–water partition coefficient (Wildman–Crippen LogP) is 6.53. The quantitative estimate of drug-likeness (QED) is 0.252. The van der Waals surface area contributed by atoms with Crippen LogP contribution in [0.25, 0.3) is 0 Å². The third-order valence-electron chi connectivity index (χ3n) is 4.14. The molecule has 2 unspecified atom stereocenters. The van der Waals surface area contributed by atoms with Crippen LogP contribution in [0, 0.1) is 0 Å². The van der Waals surface area contributed by atoms with E-state index in [0.29, 0.717) is 39.2 Å². The molecule has 8 heteroatoms. The van der Waals surface area contributed by atoms with Gasteiger partial charge in [0.1, 0.15) is 26.2 Å². The summed E-state index contributed by atoms with van der Waals surface area (Å²) in [6.07, 6.45) is -0.782. The van der Waals surface area contributed by atoms with Gasteiger partial charge in [0.2, 0.25) is 0 Å². The van der Waals surface area contributed by atoms with Gasteiger partial charge in [-0.1, -0.05) is 64.6 Å². The molecule has 28 heavy (non-hydrogen) atoms. The number of alkyl halides is 1. The minimum absolute atomic E-state index is 0.188. The fraction of sp³-hybridized carbons (Fsp3) is 0.350. The standard InChI is InChI=1S/C20H22Cl4NO3/c1-14(21)28-20(26)27-10-9-25(2,12-15-3-6-17(22)7-4-15)13-16-5-8-18(23)19(24)11-16/h3-8,11,14H,9-10,12-13H2,1-2H3/q+1. The molecule has 0 aromatic heterocycles. The minimum Gasteiger partial charge on any atom is -0.428 e. The van der Waals surface area contributed by atoms with Gasteiger partial charge in [-0.15, -0.1) is 0 Å². The highest BCUT2D eigenvalue weighted by atomic mass is 35.5. The van der Waals surface area contributed by atoms with Crippen LogP contribution in [0.4, 0.5) is 4.79 Å². The van der Waals surface area contributed by atoms with Crippen LogP contribution in [0.2, 0.25) is 15.1 Å². The first-order valence-corrected chi connectivity index (χ1v) is 10.2. The number of hydrogen-bond acceptors (Lipinski definition) is 3. The van der Waals surface area contributed by atoms with Gasteiger partial charge in [0.15, 0.2) is 5.56 Å². The van der Waals surface area contributed by atoms with Gasteiger partial charge in [0.25, 0.3) is 0 Å². The predicted molar refractivity (Wildman–Crippen MR) is 114 cm³/mol. The molecule has 0 fully saturated rings. The van der Waals surface area contributed by atoms with E-state index >= 15 is 0 Å². The van der Waals surface area contributed by atoms with E-state index in [9.17, 15) is 4.79 Å². The van der Waals surface area contributed by atoms with Gasteiger partial charge in [-0.3, -0.25) is 0 Å². The molecule has 4 nitrogen and oxygen atoms in total. The van der Waals surface area contributed by atoms with Crippen molar-refractivity contribution in [2.24, 2.45) is 0 Å². The topological polar surface area (TPSA) is 35.5 Å². The van der Waals surface area contributed by atoms with Crippen LogP contribution in [0.3, 0.4) is 0 Å². The van der Waals surface area contributed by atoms with E-state index in [1.54, 1.807) is 13.0 Å². The van der Waals surface area contributed by atoms with Gasteiger partial charge >= 0.3 is 6.16 Å². The molecule has 0 amide bonds. The van der Waals surface area contributed by atoms with Gasteiger partial charge in [-0.25, -0.2) is 4.79 Å². The summed E-state index contributed by atoms with van der Waals surface area (Å²) in [6.45, 7) is 3.68. The molecular weight excluding hydrogens is 444 g/mol. The molecule has 152 valence electrons. The summed E-state index contributed by atoms with van der Waals surface area (Å²) in [5.41, 5.74) is 1.41. The summed E-state index contributed by atoms with van der Waals surface area (Å²) in [5.74, 6) is 0. The Morgan fingerprint density at radius 1 is 1.00 bits per heavy atom. The van der Waals surface area contributed by atoms with Crippen molar-refractivity contribution in [2.75, 3.05) is 20.2 Å². The van der Waals surface area contributed by atoms with Crippen molar-refractivity contribution in [3.63, 3.8) is 0 Å². The molecule has 0 N–H and O–H groups in total. The van der Waals surface area contributed by atoms with Crippen molar-refractivity contribution < 1.29 is 18.8 Å². The number of quaternary nitrogens is 1. The van der Waals surface area contributed by atoms with Crippen molar-refractivity contribution in [1.29, 1.82) is 0 Å². The van der Waals surface area contributed by atoms with E-state index in [1.165, 1.54) is 0 Å². The molecule has 0 bridgehead atoms. The molecule has 0 heterocycles. The minimum atomic E-state index is -0.782. The van der Waals surface area contributed by atoms with Gasteiger partial charge in [0, 0.05) is 16.1 Å². The molecule has 0 aliphatic carbocycles. The van der Waals surface area contributed by atoms with Crippen LogP contribution in [-0.2, 0) is 22.6 Å². The molecule has 0 saturated carbocycles. The van der Waals surface area contributed by atoms with Crippen LogP contribution in [0.5, 0.6) is 0 Å². The molecule has 2 aromatic rings. The highest BCUT2D eigenvalue weighted by Gasteiger charge is 2.24. The normalized spacial score (nSPS) is 14.2. The number of likely N-dealkylation sites (N-methyl/N-ethyl adjacent to an activating group) is 1. The van der Waals surface area contributed by atoms with E-state index in [1.807, 2.05) is 36.4 Å². The lowest BCUT2D eigenvalue weighted by Crippen LogP contribution is -2.45. The second kappa shape index (κ2) is 10.6. The van der Waals surface area contributed by atoms with Crippen LogP contribution in [0.15, 0.2) is 42.5 Å². The van der Waals surface area contributed by atoms with Gasteiger partial charge < -0.3 is 14.0 Å². The Labute approximate surface area is 185 Å². The van der Waals surface area contributed by atoms with Gasteiger partial charge in [-0.2, -0.15) is 0 Å². The number of carbonyl (C=O) groups is 1. The van der Waals surface area contributed by atoms with Gasteiger partial charge in [0.05, 0.1) is 17.1 Å². The van der Waals surface area contributed by atoms with Crippen LogP contribution < -0.4 is 0 Å². The Balaban J connectivity index is 2.12. The maximum Gasteiger partial charge on any atom is 0.509 e. The molecule has 2 rings (SSSR count). The number of hydrogen-bond donors (Lipinski definition) is 0. The van der Waals surface area contributed by atoms with Crippen molar-refractivity contribution >= 4 is 52.6 Å². The first kappa shape index (κ1) is 23.1. The average Bonchev–Trinajstić information content (AvgIpc) is 2.59. The highest BCUT2D eigenvalue weighted by Crippen LogP contribution is 2.25. The molecule has 0 spiro atoms. The second-order valence-electron chi connectivity index (χ2n) is 6.79. The largest absolute Gasteiger partial charge is 0.509 e. The number of halogens is 4. The fourth-order valence-corrected chi connectivity index (χ4v) is 3.36. The van der Waals surface area contributed by atoms with E-state index in [2.05, 4.69) is 7.05 Å². The molecule has 0 aliphatic heterocycles. The Hall–Kier alpha value is -1.17. The van der Waals surface area contributed by atoms with Crippen molar-refractivity contribution in [3.8, 4) is 0 Å². The second-order valence-corrected chi connectivity index (χ2v) is 8.66. The van der Waals surface area contributed by atoms with Gasteiger partial charge in [-0.05, 0) is 31.2 Å². The smallest absolute Gasteiger partial charge is 0.428 e. The lowest BCUT2D eigenvalue weighted by Gasteiger charge is -2.34. The molecular formula is C20H22Cl4NO3+. The van der Waals surface area contributed by atoms with Crippen LogP contribution in [0.1, 0.15) is 18.1 Å². The highest BCUT2D eigenvalue weighted by molar-refractivity contribution is 6.42. The number of ether oxygens (including phenoxy) is 2. The fourth-order valence-electron chi connectivity index (χ4n) is 2.84. The van der Waals surface area contributed by atoms with Crippen LogP contribution in [-0.4, -0.2) is 36.4 Å². The monoisotopic (exact) mass is 464 g/mol. The Kier molecular flexibility index (Phi) is 8.72. The third-order valence-corrected chi connectivity index (χ3v) is 5.22. The molecule has 2 atom stereocenters. The van der Waals surface area contributed by atoms with Crippen molar-refractivity contribution in [1.82, 2.24) is 0 Å². The summed E-state index contributed by atoms with van der Waals surface area (Å²) in [5, 5.41) is 1.70. The lowest BCUT2D eigenvalue weighted by molar-refractivity contribution is -0.935. The maximum absolute atomic E-state index is 11.6. The van der Waals surface area contributed by atoms with Crippen LogP contribution >= 0.6 is 46.4 Å². The number of benzene rings is 2. The molecule has 2 aromatic carbocycles. The summed E-state index contributed by atoms with van der Waals surface area (Å²) < 4.78 is 10.5. The first-order chi connectivity index (χ1) is 13.2. The number of nitrogens with zero attached hydrogens (tertiary/aromatic N) is 1. The SMILES string of the molecule is CC(Cl)OC(=O)OCC[N+](C)(Cc1ccc(Cl)cc1)Cc1ccc(Cl)c(Cl)c1. The summed E-state index contributed by atoms with van der Waals surface area (Å²) in [6, 6.07) is 13.3. The molecule has 0 radical (unpaired) electrons. The Morgan fingerprint density at radius 3 is 2.21 bits per heavy atom. The average molecular weight is 466 g/mol. The molecule has 0 aliphatic rings. The first-order valence-electron chi connectivity index (χ1n) is 8.66. The van der Waals surface area contributed by atoms with E-state index < -0.39 is 11.7 Å². The zero-order valence-corrected chi connectivity index (χ0v) is 18.7. The third kappa shape index (κ3) is 7.69. The van der Waals surface area contributed by atoms with Crippen molar-refractivity contribution in [3.05, 3.63) is 68.7 Å².